The van der Waals surface area contributed by atoms with Crippen molar-refractivity contribution in [2.75, 3.05) is 6.54 Å². The number of hydrogen-bond acceptors (Lipinski definition) is 3. The topological polar surface area (TPSA) is 47.4 Å². The van der Waals surface area contributed by atoms with Crippen molar-refractivity contribution < 1.29 is 9.53 Å². The summed E-state index contributed by atoms with van der Waals surface area (Å²) in [5.74, 6) is 0.620. The average molecular weight is 263 g/mol. The monoisotopic (exact) mass is 263 g/mol. The lowest BCUT2D eigenvalue weighted by Crippen LogP contribution is -2.41. The van der Waals surface area contributed by atoms with Crippen LogP contribution in [0.5, 0.6) is 0 Å². The number of hydrogen-bond donors (Lipinski definition) is 0. The van der Waals surface area contributed by atoms with Gasteiger partial charge in [-0.1, -0.05) is 0 Å². The zero-order chi connectivity index (χ0) is 13.6. The first-order valence-electron chi connectivity index (χ1n) is 6.96. The molecule has 1 aliphatic carbocycles. The highest BCUT2D eigenvalue weighted by Gasteiger charge is 2.33. The third kappa shape index (κ3) is 2.60. The van der Waals surface area contributed by atoms with Gasteiger partial charge in [0.15, 0.2) is 0 Å². The molecule has 5 nitrogen and oxygen atoms in total. The summed E-state index contributed by atoms with van der Waals surface area (Å²) in [6.07, 6.45) is 4.16. The highest BCUT2D eigenvalue weighted by atomic mass is 16.6. The SMILES string of the molecule is CC(C)(C)OC(=O)N1CCn2cnc(C3CC3)c2C1. The Balaban J connectivity index is 1.74. The van der Waals surface area contributed by atoms with Crippen LogP contribution in [0.15, 0.2) is 6.33 Å². The molecule has 0 atom stereocenters. The van der Waals surface area contributed by atoms with Gasteiger partial charge in [-0.25, -0.2) is 9.78 Å². The molecule has 0 unspecified atom stereocenters. The molecule has 1 amide bonds. The highest BCUT2D eigenvalue weighted by Crippen LogP contribution is 2.41. The molecule has 104 valence electrons. The molecule has 1 fully saturated rings. The van der Waals surface area contributed by atoms with Crippen LogP contribution in [0.3, 0.4) is 0 Å². The van der Waals surface area contributed by atoms with Crippen molar-refractivity contribution in [3.05, 3.63) is 17.7 Å². The van der Waals surface area contributed by atoms with E-state index in [4.69, 9.17) is 4.74 Å². The Hall–Kier alpha value is -1.52. The number of ether oxygens (including phenoxy) is 1. The van der Waals surface area contributed by atoms with Gasteiger partial charge in [-0.3, -0.25) is 0 Å². The van der Waals surface area contributed by atoms with E-state index in [1.54, 1.807) is 4.90 Å². The smallest absolute Gasteiger partial charge is 0.410 e. The quantitative estimate of drug-likeness (QED) is 0.782. The van der Waals surface area contributed by atoms with E-state index in [1.807, 2.05) is 27.1 Å². The van der Waals surface area contributed by atoms with E-state index in [9.17, 15) is 4.79 Å². The second kappa shape index (κ2) is 4.25. The molecule has 0 bridgehead atoms. The second-order valence-electron chi connectivity index (χ2n) is 6.45. The summed E-state index contributed by atoms with van der Waals surface area (Å²) >= 11 is 0. The summed E-state index contributed by atoms with van der Waals surface area (Å²) in [6, 6.07) is 0. The number of rotatable bonds is 1. The zero-order valence-corrected chi connectivity index (χ0v) is 11.8. The van der Waals surface area contributed by atoms with Gasteiger partial charge in [0.05, 0.1) is 24.3 Å². The zero-order valence-electron chi connectivity index (χ0n) is 11.8. The molecule has 1 saturated carbocycles. The highest BCUT2D eigenvalue weighted by molar-refractivity contribution is 5.68. The van der Waals surface area contributed by atoms with Crippen molar-refractivity contribution in [2.24, 2.45) is 0 Å². The number of aromatic nitrogens is 2. The van der Waals surface area contributed by atoms with Crippen LogP contribution in [0.4, 0.5) is 4.79 Å². The van der Waals surface area contributed by atoms with Crippen molar-refractivity contribution in [3.63, 3.8) is 0 Å². The van der Waals surface area contributed by atoms with Gasteiger partial charge in [-0.05, 0) is 33.6 Å². The fourth-order valence-electron chi connectivity index (χ4n) is 2.46. The lowest BCUT2D eigenvalue weighted by molar-refractivity contribution is 0.0198. The van der Waals surface area contributed by atoms with E-state index < -0.39 is 5.60 Å². The van der Waals surface area contributed by atoms with E-state index in [0.29, 0.717) is 19.0 Å². The van der Waals surface area contributed by atoms with E-state index in [2.05, 4.69) is 9.55 Å². The number of carbonyl (C=O) groups is 1. The first-order valence-corrected chi connectivity index (χ1v) is 6.96. The lowest BCUT2D eigenvalue weighted by Gasteiger charge is -2.31. The summed E-state index contributed by atoms with van der Waals surface area (Å²) in [7, 11) is 0. The molecule has 0 N–H and O–H groups in total. The molecule has 1 aromatic rings. The minimum atomic E-state index is -0.436. The molecule has 3 rings (SSSR count). The lowest BCUT2D eigenvalue weighted by atomic mass is 10.2. The van der Waals surface area contributed by atoms with E-state index in [0.717, 1.165) is 6.54 Å². The molecule has 0 radical (unpaired) electrons. The van der Waals surface area contributed by atoms with Crippen LogP contribution >= 0.6 is 0 Å². The van der Waals surface area contributed by atoms with Crippen LogP contribution in [0.2, 0.25) is 0 Å². The minimum Gasteiger partial charge on any atom is -0.444 e. The van der Waals surface area contributed by atoms with E-state index in [1.165, 1.54) is 24.2 Å². The van der Waals surface area contributed by atoms with Crippen molar-refractivity contribution in [1.29, 1.82) is 0 Å². The van der Waals surface area contributed by atoms with Gasteiger partial charge in [0, 0.05) is 19.0 Å². The predicted octanol–water partition coefficient (Wildman–Crippen LogP) is 2.51. The maximum atomic E-state index is 12.1. The van der Waals surface area contributed by atoms with Gasteiger partial charge < -0.3 is 14.2 Å². The van der Waals surface area contributed by atoms with Gasteiger partial charge in [-0.15, -0.1) is 0 Å². The van der Waals surface area contributed by atoms with Gasteiger partial charge in [-0.2, -0.15) is 0 Å². The van der Waals surface area contributed by atoms with Gasteiger partial charge >= 0.3 is 6.09 Å². The van der Waals surface area contributed by atoms with E-state index in [-0.39, 0.29) is 6.09 Å². The first kappa shape index (κ1) is 12.5. The van der Waals surface area contributed by atoms with Gasteiger partial charge in [0.25, 0.3) is 0 Å². The van der Waals surface area contributed by atoms with E-state index >= 15 is 0 Å². The molecular weight excluding hydrogens is 242 g/mol. The number of amides is 1. The van der Waals surface area contributed by atoms with Crippen LogP contribution in [0, 0.1) is 0 Å². The normalized spacial score (nSPS) is 19.2. The summed E-state index contributed by atoms with van der Waals surface area (Å²) in [4.78, 5) is 18.4. The summed E-state index contributed by atoms with van der Waals surface area (Å²) < 4.78 is 7.62. The number of nitrogens with zero attached hydrogens (tertiary/aromatic N) is 3. The first-order chi connectivity index (χ1) is 8.94. The maximum Gasteiger partial charge on any atom is 0.410 e. The summed E-state index contributed by atoms with van der Waals surface area (Å²) in [5, 5.41) is 0. The number of fused-ring (bicyclic) bond motifs is 1. The number of carbonyl (C=O) groups excluding carboxylic acids is 1. The van der Waals surface area contributed by atoms with Crippen LogP contribution in [-0.2, 0) is 17.8 Å². The molecule has 2 heterocycles. The molecule has 5 heteroatoms. The molecule has 1 aliphatic heterocycles. The van der Waals surface area contributed by atoms with Crippen molar-refractivity contribution >= 4 is 6.09 Å². The largest absolute Gasteiger partial charge is 0.444 e. The second-order valence-corrected chi connectivity index (χ2v) is 6.45. The molecule has 0 spiro atoms. The summed E-state index contributed by atoms with van der Waals surface area (Å²) in [6.45, 7) is 7.83. The number of imidazole rings is 1. The summed E-state index contributed by atoms with van der Waals surface area (Å²) in [5.41, 5.74) is 1.95. The Morgan fingerprint density at radius 3 is 2.74 bits per heavy atom. The van der Waals surface area contributed by atoms with Crippen molar-refractivity contribution in [3.8, 4) is 0 Å². The van der Waals surface area contributed by atoms with Crippen molar-refractivity contribution in [1.82, 2.24) is 14.5 Å². The third-order valence-corrected chi connectivity index (χ3v) is 3.55. The standard InChI is InChI=1S/C14H21N3O2/c1-14(2,3)19-13(18)16-6-7-17-9-15-12(10-4-5-10)11(17)8-16/h9-10H,4-8H2,1-3H3. The predicted molar refractivity (Wildman–Crippen MR) is 70.8 cm³/mol. The van der Waals surface area contributed by atoms with Crippen LogP contribution < -0.4 is 0 Å². The Labute approximate surface area is 113 Å². The van der Waals surface area contributed by atoms with Gasteiger partial charge in [0.1, 0.15) is 5.60 Å². The Kier molecular flexibility index (Phi) is 2.80. The van der Waals surface area contributed by atoms with Crippen LogP contribution in [0.1, 0.15) is 50.9 Å². The Bertz CT molecular complexity index is 497. The molecule has 0 saturated heterocycles. The Morgan fingerprint density at radius 2 is 2.11 bits per heavy atom. The Morgan fingerprint density at radius 1 is 1.37 bits per heavy atom. The fourth-order valence-corrected chi connectivity index (χ4v) is 2.46. The molecule has 19 heavy (non-hydrogen) atoms. The fraction of sp³-hybridized carbons (Fsp3) is 0.714. The minimum absolute atomic E-state index is 0.221. The molecule has 2 aliphatic rings. The van der Waals surface area contributed by atoms with Crippen molar-refractivity contribution in [2.45, 2.75) is 58.2 Å². The molecule has 0 aromatic carbocycles. The molecule has 1 aromatic heterocycles. The maximum absolute atomic E-state index is 12.1. The molecular formula is C14H21N3O2. The third-order valence-electron chi connectivity index (χ3n) is 3.55. The van der Waals surface area contributed by atoms with Crippen LogP contribution in [-0.4, -0.2) is 32.7 Å². The van der Waals surface area contributed by atoms with Gasteiger partial charge in [0.2, 0.25) is 0 Å². The average Bonchev–Trinajstić information content (AvgIpc) is 3.06. The van der Waals surface area contributed by atoms with Crippen LogP contribution in [0.25, 0.3) is 0 Å².